The largest absolute Gasteiger partial charge is 0.465 e. The van der Waals surface area contributed by atoms with Crippen LogP contribution in [0.25, 0.3) is 0 Å². The molecule has 0 unspecified atom stereocenters. The molecular weight excluding hydrogens is 466 g/mol. The lowest BCUT2D eigenvalue weighted by Crippen LogP contribution is -2.49. The smallest absolute Gasteiger partial charge is 0.340 e. The highest BCUT2D eigenvalue weighted by Crippen LogP contribution is 2.40. The van der Waals surface area contributed by atoms with E-state index in [1.54, 1.807) is 6.07 Å². The van der Waals surface area contributed by atoms with Crippen molar-refractivity contribution < 1.29 is 22.7 Å². The van der Waals surface area contributed by atoms with Gasteiger partial charge in [-0.2, -0.15) is 4.31 Å². The lowest BCUT2D eigenvalue weighted by Gasteiger charge is -2.33. The third-order valence-electron chi connectivity index (χ3n) is 7.68. The molecule has 2 fully saturated rings. The van der Waals surface area contributed by atoms with Crippen LogP contribution in [0.4, 0.5) is 0 Å². The number of fused-ring (bicyclic) bond motifs is 1. The maximum atomic E-state index is 13.4. The average molecular weight is 500 g/mol. The molecule has 1 aliphatic heterocycles. The van der Waals surface area contributed by atoms with Gasteiger partial charge in [0.1, 0.15) is 0 Å². The highest BCUT2D eigenvalue weighted by atomic mass is 32.2. The van der Waals surface area contributed by atoms with Crippen molar-refractivity contribution in [3.05, 3.63) is 51.8 Å². The number of esters is 1. The fraction of sp³-hybridized carbons (Fsp3) is 0.538. The number of hydrogen-bond acceptors (Lipinski definition) is 6. The number of sulfonamides is 1. The fourth-order valence-electron chi connectivity index (χ4n) is 5.70. The van der Waals surface area contributed by atoms with E-state index in [0.29, 0.717) is 48.2 Å². The first-order valence-corrected chi connectivity index (χ1v) is 13.8. The maximum absolute atomic E-state index is 13.4. The SMILES string of the molecule is COC(=O)c1c(C(=O)CN2CCN(S(=O)(=O)c3ccc4c(c3)CCC4)CC2)c(C)n(C2CC2)c1C. The lowest BCUT2D eigenvalue weighted by molar-refractivity contribution is 0.0595. The number of ketones is 1. The van der Waals surface area contributed by atoms with Crippen LogP contribution < -0.4 is 0 Å². The van der Waals surface area contributed by atoms with Crippen LogP contribution in [0.5, 0.6) is 0 Å². The number of nitrogens with zero attached hydrogens (tertiary/aromatic N) is 3. The lowest BCUT2D eigenvalue weighted by atomic mass is 10.0. The number of methoxy groups -OCH3 is 1. The summed E-state index contributed by atoms with van der Waals surface area (Å²) in [5.41, 5.74) is 4.79. The molecule has 2 heterocycles. The number of aromatic nitrogens is 1. The van der Waals surface area contributed by atoms with E-state index in [2.05, 4.69) is 4.57 Å². The van der Waals surface area contributed by atoms with Gasteiger partial charge in [0.15, 0.2) is 5.78 Å². The van der Waals surface area contributed by atoms with Gasteiger partial charge in [-0.05, 0) is 69.2 Å². The summed E-state index contributed by atoms with van der Waals surface area (Å²) in [6, 6.07) is 5.84. The summed E-state index contributed by atoms with van der Waals surface area (Å²) in [5, 5.41) is 0. The zero-order chi connectivity index (χ0) is 24.9. The van der Waals surface area contributed by atoms with Crippen molar-refractivity contribution in [3.63, 3.8) is 0 Å². The molecule has 2 aromatic rings. The van der Waals surface area contributed by atoms with Crippen molar-refractivity contribution in [1.29, 1.82) is 0 Å². The maximum Gasteiger partial charge on any atom is 0.340 e. The number of piperazine rings is 1. The first-order valence-electron chi connectivity index (χ1n) is 12.4. The predicted molar refractivity (Wildman–Crippen MR) is 132 cm³/mol. The third kappa shape index (κ3) is 4.34. The summed E-state index contributed by atoms with van der Waals surface area (Å²) >= 11 is 0. The Morgan fingerprint density at radius 1 is 0.971 bits per heavy atom. The van der Waals surface area contributed by atoms with Crippen LogP contribution in [-0.2, 0) is 27.6 Å². The Labute approximate surface area is 206 Å². The number of benzene rings is 1. The Hall–Kier alpha value is -2.49. The Kier molecular flexibility index (Phi) is 6.35. The summed E-state index contributed by atoms with van der Waals surface area (Å²) in [6.45, 7) is 5.50. The van der Waals surface area contributed by atoms with Gasteiger partial charge in [0, 0.05) is 43.6 Å². The second-order valence-electron chi connectivity index (χ2n) is 9.90. The van der Waals surface area contributed by atoms with Gasteiger partial charge < -0.3 is 9.30 Å². The Bertz CT molecular complexity index is 1280. The molecule has 0 amide bonds. The number of aryl methyl sites for hydroxylation is 2. The van der Waals surface area contributed by atoms with Gasteiger partial charge in [-0.3, -0.25) is 9.69 Å². The van der Waals surface area contributed by atoms with Crippen LogP contribution in [0.1, 0.15) is 68.5 Å². The number of hydrogen-bond donors (Lipinski definition) is 0. The van der Waals surface area contributed by atoms with Crippen molar-refractivity contribution in [1.82, 2.24) is 13.8 Å². The Balaban J connectivity index is 1.28. The average Bonchev–Trinajstić information content (AvgIpc) is 3.49. The van der Waals surface area contributed by atoms with E-state index in [4.69, 9.17) is 4.74 Å². The fourth-order valence-corrected chi connectivity index (χ4v) is 7.17. The van der Waals surface area contributed by atoms with Gasteiger partial charge in [0.2, 0.25) is 10.0 Å². The standard InChI is InChI=1S/C26H33N3O5S/c1-17-24(25(26(31)34-3)18(2)29(17)21-8-9-21)23(30)16-27-11-13-28(14-12-27)35(32,33)22-10-7-19-5-4-6-20(19)15-22/h7,10,15,21H,4-6,8-9,11-14,16H2,1-3H3. The van der Waals surface area contributed by atoms with Gasteiger partial charge in [-0.1, -0.05) is 6.07 Å². The van der Waals surface area contributed by atoms with Crippen LogP contribution in [0.15, 0.2) is 23.1 Å². The summed E-state index contributed by atoms with van der Waals surface area (Å²) < 4.78 is 35.1. The van der Waals surface area contributed by atoms with Crippen LogP contribution in [0.2, 0.25) is 0 Å². The second kappa shape index (κ2) is 9.19. The summed E-state index contributed by atoms with van der Waals surface area (Å²) in [7, 11) is -2.23. The van der Waals surface area contributed by atoms with Gasteiger partial charge in [0.25, 0.3) is 0 Å². The van der Waals surface area contributed by atoms with E-state index in [1.165, 1.54) is 17.0 Å². The van der Waals surface area contributed by atoms with E-state index >= 15 is 0 Å². The van der Waals surface area contributed by atoms with Crippen LogP contribution >= 0.6 is 0 Å². The van der Waals surface area contributed by atoms with E-state index < -0.39 is 16.0 Å². The number of rotatable bonds is 7. The van der Waals surface area contributed by atoms with Crippen molar-refractivity contribution in [3.8, 4) is 0 Å². The second-order valence-corrected chi connectivity index (χ2v) is 11.8. The van der Waals surface area contributed by atoms with E-state index in [9.17, 15) is 18.0 Å². The third-order valence-corrected chi connectivity index (χ3v) is 9.58. The van der Waals surface area contributed by atoms with Crippen molar-refractivity contribution in [2.45, 2.75) is 56.9 Å². The molecule has 9 heteroatoms. The van der Waals surface area contributed by atoms with Crippen molar-refractivity contribution >= 4 is 21.8 Å². The molecule has 35 heavy (non-hydrogen) atoms. The molecule has 0 radical (unpaired) electrons. The van der Waals surface area contributed by atoms with Crippen molar-refractivity contribution in [2.24, 2.45) is 0 Å². The summed E-state index contributed by atoms with van der Waals surface area (Å²) in [6.07, 6.45) is 5.12. The van der Waals surface area contributed by atoms with E-state index in [-0.39, 0.29) is 12.3 Å². The van der Waals surface area contributed by atoms with Gasteiger partial charge in [-0.15, -0.1) is 0 Å². The van der Waals surface area contributed by atoms with Gasteiger partial charge in [-0.25, -0.2) is 13.2 Å². The minimum Gasteiger partial charge on any atom is -0.465 e. The molecule has 3 aliphatic rings. The number of Topliss-reactive ketones (excluding diaryl/α,β-unsaturated/α-hetero) is 1. The van der Waals surface area contributed by atoms with E-state index in [0.717, 1.165) is 49.1 Å². The van der Waals surface area contributed by atoms with Crippen LogP contribution in [-0.4, -0.2) is 73.8 Å². The minimum absolute atomic E-state index is 0.125. The molecule has 1 aromatic heterocycles. The number of carbonyl (C=O) groups is 2. The quantitative estimate of drug-likeness (QED) is 0.430. The first kappa shape index (κ1) is 24.2. The normalized spacial score (nSPS) is 19.1. The Morgan fingerprint density at radius 2 is 1.63 bits per heavy atom. The molecule has 2 aliphatic carbocycles. The van der Waals surface area contributed by atoms with Crippen molar-refractivity contribution in [2.75, 3.05) is 39.8 Å². The highest BCUT2D eigenvalue weighted by molar-refractivity contribution is 7.89. The monoisotopic (exact) mass is 499 g/mol. The molecule has 1 saturated carbocycles. The molecule has 0 atom stereocenters. The molecular formula is C26H33N3O5S. The molecule has 1 saturated heterocycles. The number of carbonyl (C=O) groups excluding carboxylic acids is 2. The molecule has 1 aromatic carbocycles. The predicted octanol–water partition coefficient (Wildman–Crippen LogP) is 2.90. The molecule has 8 nitrogen and oxygen atoms in total. The summed E-state index contributed by atoms with van der Waals surface area (Å²) in [5.74, 6) is -0.612. The number of ether oxygens (including phenoxy) is 1. The van der Waals surface area contributed by atoms with Gasteiger partial charge >= 0.3 is 5.97 Å². The zero-order valence-electron chi connectivity index (χ0n) is 20.7. The van der Waals surface area contributed by atoms with Crippen LogP contribution in [0.3, 0.4) is 0 Å². The van der Waals surface area contributed by atoms with Crippen LogP contribution in [0, 0.1) is 13.8 Å². The topological polar surface area (TPSA) is 88.9 Å². The minimum atomic E-state index is -3.56. The highest BCUT2D eigenvalue weighted by Gasteiger charge is 2.35. The van der Waals surface area contributed by atoms with Gasteiger partial charge in [0.05, 0.1) is 29.7 Å². The van der Waals surface area contributed by atoms with E-state index in [1.807, 2.05) is 30.9 Å². The summed E-state index contributed by atoms with van der Waals surface area (Å²) in [4.78, 5) is 28.3. The molecule has 0 N–H and O–H groups in total. The molecule has 0 bridgehead atoms. The first-order chi connectivity index (χ1) is 16.7. The molecule has 5 rings (SSSR count). The zero-order valence-corrected chi connectivity index (χ0v) is 21.5. The molecule has 188 valence electrons. The Morgan fingerprint density at radius 3 is 2.29 bits per heavy atom. The molecule has 0 spiro atoms.